The first kappa shape index (κ1) is 12.2. The summed E-state index contributed by atoms with van der Waals surface area (Å²) in [4.78, 5) is 16.6. The van der Waals surface area contributed by atoms with Crippen LogP contribution in [0.3, 0.4) is 0 Å². The van der Waals surface area contributed by atoms with Gasteiger partial charge in [0.15, 0.2) is 0 Å². The van der Waals surface area contributed by atoms with E-state index in [-0.39, 0.29) is 5.56 Å². The highest BCUT2D eigenvalue weighted by Crippen LogP contribution is 2.19. The maximum absolute atomic E-state index is 13.5. The summed E-state index contributed by atoms with van der Waals surface area (Å²) in [6.45, 7) is 0.351. The van der Waals surface area contributed by atoms with E-state index >= 15 is 0 Å². The molecule has 1 heterocycles. The van der Waals surface area contributed by atoms with Gasteiger partial charge in [0.25, 0.3) is 5.91 Å². The van der Waals surface area contributed by atoms with Gasteiger partial charge >= 0.3 is 0 Å². The zero-order valence-electron chi connectivity index (χ0n) is 8.61. The summed E-state index contributed by atoms with van der Waals surface area (Å²) in [6.07, 6.45) is 1.67. The molecule has 88 valence electrons. The molecule has 17 heavy (non-hydrogen) atoms. The molecular formula is C11H8BrFN2OS. The summed E-state index contributed by atoms with van der Waals surface area (Å²) >= 11 is 4.59. The first-order valence-corrected chi connectivity index (χ1v) is 6.45. The van der Waals surface area contributed by atoms with Crippen molar-refractivity contribution in [3.8, 4) is 0 Å². The van der Waals surface area contributed by atoms with Crippen LogP contribution in [0.5, 0.6) is 0 Å². The lowest BCUT2D eigenvalue weighted by Gasteiger charge is -2.06. The Morgan fingerprint density at radius 2 is 2.35 bits per heavy atom. The first-order chi connectivity index (χ1) is 8.18. The Kier molecular flexibility index (Phi) is 3.86. The van der Waals surface area contributed by atoms with E-state index in [2.05, 4.69) is 26.2 Å². The predicted molar refractivity (Wildman–Crippen MR) is 67.4 cm³/mol. The Morgan fingerprint density at radius 1 is 1.53 bits per heavy atom. The number of benzene rings is 1. The summed E-state index contributed by atoms with van der Waals surface area (Å²) in [5.74, 6) is -0.982. The van der Waals surface area contributed by atoms with E-state index in [1.165, 1.54) is 17.4 Å². The Morgan fingerprint density at radius 3 is 3.00 bits per heavy atom. The number of thiazole rings is 1. The number of halogens is 2. The van der Waals surface area contributed by atoms with E-state index in [1.54, 1.807) is 23.8 Å². The molecule has 1 aromatic heterocycles. The monoisotopic (exact) mass is 314 g/mol. The third kappa shape index (κ3) is 2.89. The third-order valence-corrected chi connectivity index (χ3v) is 3.54. The van der Waals surface area contributed by atoms with Crippen LogP contribution in [0.1, 0.15) is 15.2 Å². The number of nitrogens with zero attached hydrogens (tertiary/aromatic N) is 1. The van der Waals surface area contributed by atoms with Gasteiger partial charge in [-0.3, -0.25) is 9.78 Å². The lowest BCUT2D eigenvalue weighted by molar-refractivity contribution is 0.0946. The van der Waals surface area contributed by atoms with Gasteiger partial charge in [-0.05, 0) is 28.1 Å². The number of amides is 1. The topological polar surface area (TPSA) is 42.0 Å². The molecule has 3 nitrogen and oxygen atoms in total. The van der Waals surface area contributed by atoms with Crippen LogP contribution < -0.4 is 5.32 Å². The molecule has 0 saturated carbocycles. The second kappa shape index (κ2) is 5.37. The Labute approximate surface area is 110 Å². The molecule has 1 aromatic carbocycles. The van der Waals surface area contributed by atoms with Gasteiger partial charge in [-0.15, -0.1) is 11.3 Å². The molecule has 0 saturated heterocycles. The van der Waals surface area contributed by atoms with Gasteiger partial charge in [0.05, 0.1) is 17.6 Å². The smallest absolute Gasteiger partial charge is 0.255 e. The van der Waals surface area contributed by atoms with Crippen LogP contribution in [0.25, 0.3) is 0 Å². The molecule has 6 heteroatoms. The van der Waals surface area contributed by atoms with Crippen molar-refractivity contribution in [2.45, 2.75) is 6.54 Å². The number of aromatic nitrogens is 1. The van der Waals surface area contributed by atoms with E-state index in [4.69, 9.17) is 0 Å². The van der Waals surface area contributed by atoms with E-state index < -0.39 is 11.7 Å². The summed E-state index contributed by atoms with van der Waals surface area (Å²) in [7, 11) is 0. The number of nitrogens with one attached hydrogen (secondary N) is 1. The van der Waals surface area contributed by atoms with Gasteiger partial charge in [0.1, 0.15) is 5.82 Å². The van der Waals surface area contributed by atoms with E-state index in [1.807, 2.05) is 0 Å². The molecule has 1 amide bonds. The maximum atomic E-state index is 13.5. The third-order valence-electron chi connectivity index (χ3n) is 2.10. The molecule has 0 radical (unpaired) electrons. The summed E-state index contributed by atoms with van der Waals surface area (Å²) in [6, 6.07) is 4.43. The van der Waals surface area contributed by atoms with Crippen molar-refractivity contribution in [1.29, 1.82) is 0 Å². The van der Waals surface area contributed by atoms with E-state index in [9.17, 15) is 9.18 Å². The second-order valence-electron chi connectivity index (χ2n) is 3.25. The molecule has 0 spiro atoms. The van der Waals surface area contributed by atoms with Crippen molar-refractivity contribution in [2.75, 3.05) is 0 Å². The van der Waals surface area contributed by atoms with Crippen molar-refractivity contribution in [1.82, 2.24) is 10.3 Å². The number of hydrogen-bond acceptors (Lipinski definition) is 3. The summed E-state index contributed by atoms with van der Waals surface area (Å²) in [5, 5.41) is 2.64. The second-order valence-corrected chi connectivity index (χ2v) is 5.07. The fourth-order valence-electron chi connectivity index (χ4n) is 1.30. The summed E-state index contributed by atoms with van der Waals surface area (Å²) in [5.41, 5.74) is 1.71. The first-order valence-electron chi connectivity index (χ1n) is 4.78. The molecule has 0 unspecified atom stereocenters. The summed E-state index contributed by atoms with van der Waals surface area (Å²) < 4.78 is 13.9. The van der Waals surface area contributed by atoms with Gasteiger partial charge in [-0.1, -0.05) is 6.07 Å². The molecular weight excluding hydrogens is 307 g/mol. The van der Waals surface area contributed by atoms with Crippen LogP contribution in [0, 0.1) is 5.82 Å². The van der Waals surface area contributed by atoms with Gasteiger partial charge in [-0.2, -0.15) is 0 Å². The zero-order valence-corrected chi connectivity index (χ0v) is 11.0. The van der Waals surface area contributed by atoms with Gasteiger partial charge < -0.3 is 5.32 Å². The Hall–Kier alpha value is -1.27. The van der Waals surface area contributed by atoms with E-state index in [0.717, 1.165) is 4.88 Å². The number of carbonyl (C=O) groups excluding carboxylic acids is 1. The molecule has 0 atom stereocenters. The minimum absolute atomic E-state index is 0.0250. The molecule has 2 aromatic rings. The Bertz CT molecular complexity index is 510. The van der Waals surface area contributed by atoms with Crippen LogP contribution in [-0.4, -0.2) is 10.9 Å². The largest absolute Gasteiger partial charge is 0.347 e. The van der Waals surface area contributed by atoms with Crippen LogP contribution >= 0.6 is 27.3 Å². The quantitative estimate of drug-likeness (QED) is 0.946. The van der Waals surface area contributed by atoms with Crippen molar-refractivity contribution in [3.05, 3.63) is 50.6 Å². The molecule has 0 aliphatic heterocycles. The average molecular weight is 315 g/mol. The van der Waals surface area contributed by atoms with Gasteiger partial charge in [0, 0.05) is 15.5 Å². The average Bonchev–Trinajstić information content (AvgIpc) is 2.79. The number of carbonyl (C=O) groups is 1. The molecule has 0 bridgehead atoms. The molecule has 0 fully saturated rings. The van der Waals surface area contributed by atoms with Gasteiger partial charge in [0.2, 0.25) is 0 Å². The lowest BCUT2D eigenvalue weighted by Crippen LogP contribution is -2.23. The number of hydrogen-bond donors (Lipinski definition) is 1. The fourth-order valence-corrected chi connectivity index (χ4v) is 2.36. The molecule has 0 aliphatic carbocycles. The van der Waals surface area contributed by atoms with Gasteiger partial charge in [-0.25, -0.2) is 4.39 Å². The van der Waals surface area contributed by atoms with Crippen molar-refractivity contribution < 1.29 is 9.18 Å². The highest BCUT2D eigenvalue weighted by molar-refractivity contribution is 9.10. The van der Waals surface area contributed by atoms with Crippen LogP contribution in [0.2, 0.25) is 0 Å². The zero-order chi connectivity index (χ0) is 12.3. The maximum Gasteiger partial charge on any atom is 0.255 e. The highest BCUT2D eigenvalue weighted by atomic mass is 79.9. The standard InChI is InChI=1S/C11H8BrFN2OS/c12-8-2-1-3-9(13)10(8)11(16)15-5-7-4-14-6-17-7/h1-4,6H,5H2,(H,15,16). The van der Waals surface area contributed by atoms with Crippen molar-refractivity contribution in [2.24, 2.45) is 0 Å². The molecule has 0 aliphatic rings. The molecule has 2 rings (SSSR count). The van der Waals surface area contributed by atoms with Crippen LogP contribution in [0.15, 0.2) is 34.4 Å². The van der Waals surface area contributed by atoms with Crippen LogP contribution in [-0.2, 0) is 6.54 Å². The number of rotatable bonds is 3. The van der Waals surface area contributed by atoms with E-state index in [0.29, 0.717) is 11.0 Å². The van der Waals surface area contributed by atoms with Crippen LogP contribution in [0.4, 0.5) is 4.39 Å². The van der Waals surface area contributed by atoms with Crippen molar-refractivity contribution in [3.63, 3.8) is 0 Å². The SMILES string of the molecule is O=C(NCc1cncs1)c1c(F)cccc1Br. The normalized spacial score (nSPS) is 10.2. The minimum Gasteiger partial charge on any atom is -0.347 e. The fraction of sp³-hybridized carbons (Fsp3) is 0.0909. The lowest BCUT2D eigenvalue weighted by atomic mass is 10.2. The van der Waals surface area contributed by atoms with Crippen molar-refractivity contribution >= 4 is 33.2 Å². The predicted octanol–water partition coefficient (Wildman–Crippen LogP) is 2.97. The Balaban J connectivity index is 2.10. The molecule has 1 N–H and O–H groups in total. The minimum atomic E-state index is -0.541. The highest BCUT2D eigenvalue weighted by Gasteiger charge is 2.14.